The Labute approximate surface area is 109 Å². The van der Waals surface area contributed by atoms with Gasteiger partial charge in [0.15, 0.2) is 0 Å². The molecule has 4 nitrogen and oxygen atoms in total. The molecule has 0 aromatic heterocycles. The molecule has 19 heavy (non-hydrogen) atoms. The number of likely N-dealkylation sites (tertiary alicyclic amines) is 1. The highest BCUT2D eigenvalue weighted by Crippen LogP contribution is 2.20. The maximum atomic E-state index is 11.9. The van der Waals surface area contributed by atoms with Gasteiger partial charge in [0.1, 0.15) is 19.0 Å². The number of piperidine rings is 1. The molecule has 1 saturated heterocycles. The van der Waals surface area contributed by atoms with Gasteiger partial charge in [-0.1, -0.05) is 0 Å². The van der Waals surface area contributed by atoms with Crippen LogP contribution in [-0.2, 0) is 14.3 Å². The Bertz CT molecular complexity index is 331. The van der Waals surface area contributed by atoms with Gasteiger partial charge in [-0.15, -0.1) is 0 Å². The number of ether oxygens (including phenoxy) is 1. The largest absolute Gasteiger partial charge is 0.411 e. The van der Waals surface area contributed by atoms with Crippen molar-refractivity contribution in [3.05, 3.63) is 0 Å². The van der Waals surface area contributed by atoms with Crippen LogP contribution in [0.1, 0.15) is 32.6 Å². The molecule has 110 valence electrons. The first kappa shape index (κ1) is 15.9. The van der Waals surface area contributed by atoms with Crippen LogP contribution in [0.15, 0.2) is 0 Å². The third kappa shape index (κ3) is 6.04. The van der Waals surface area contributed by atoms with Gasteiger partial charge in [-0.2, -0.15) is 13.2 Å². The molecule has 0 bridgehead atoms. The molecule has 0 radical (unpaired) electrons. The van der Waals surface area contributed by atoms with Crippen LogP contribution in [0.3, 0.4) is 0 Å². The monoisotopic (exact) mass is 281 g/mol. The Morgan fingerprint density at radius 2 is 2.00 bits per heavy atom. The van der Waals surface area contributed by atoms with E-state index >= 15 is 0 Å². The van der Waals surface area contributed by atoms with E-state index in [1.54, 1.807) is 0 Å². The van der Waals surface area contributed by atoms with Crippen LogP contribution in [0.25, 0.3) is 0 Å². The molecular formula is C12H18F3NO3. The van der Waals surface area contributed by atoms with Gasteiger partial charge >= 0.3 is 6.18 Å². The van der Waals surface area contributed by atoms with E-state index in [0.717, 1.165) is 12.8 Å². The Morgan fingerprint density at radius 1 is 1.32 bits per heavy atom. The van der Waals surface area contributed by atoms with Gasteiger partial charge < -0.3 is 9.64 Å². The van der Waals surface area contributed by atoms with Crippen LogP contribution in [-0.4, -0.2) is 48.6 Å². The van der Waals surface area contributed by atoms with E-state index < -0.39 is 25.3 Å². The van der Waals surface area contributed by atoms with Gasteiger partial charge in [0, 0.05) is 19.0 Å². The number of rotatable bonds is 5. The summed E-state index contributed by atoms with van der Waals surface area (Å²) in [5.41, 5.74) is 0. The lowest BCUT2D eigenvalue weighted by atomic mass is 9.98. The van der Waals surface area contributed by atoms with Crippen molar-refractivity contribution < 1.29 is 27.5 Å². The normalized spacial score (nSPS) is 20.4. The second kappa shape index (κ2) is 6.88. The number of nitrogens with zero attached hydrogens (tertiary/aromatic N) is 1. The maximum Gasteiger partial charge on any atom is 0.411 e. The summed E-state index contributed by atoms with van der Waals surface area (Å²) < 4.78 is 40.1. The molecule has 1 atom stereocenters. The molecular weight excluding hydrogens is 263 g/mol. The molecule has 1 amide bonds. The first-order valence-electron chi connectivity index (χ1n) is 6.23. The van der Waals surface area contributed by atoms with E-state index in [9.17, 15) is 22.8 Å². The minimum absolute atomic E-state index is 0.0269. The van der Waals surface area contributed by atoms with Gasteiger partial charge in [-0.05, 0) is 26.2 Å². The van der Waals surface area contributed by atoms with Crippen molar-refractivity contribution in [1.82, 2.24) is 4.90 Å². The zero-order valence-corrected chi connectivity index (χ0v) is 10.8. The molecule has 0 saturated carbocycles. The summed E-state index contributed by atoms with van der Waals surface area (Å²) in [4.78, 5) is 24.4. The highest BCUT2D eigenvalue weighted by molar-refractivity contribution is 5.80. The number of hydrogen-bond acceptors (Lipinski definition) is 3. The van der Waals surface area contributed by atoms with E-state index in [-0.39, 0.29) is 18.2 Å². The van der Waals surface area contributed by atoms with Crippen LogP contribution in [0, 0.1) is 0 Å². The summed E-state index contributed by atoms with van der Waals surface area (Å²) in [7, 11) is 0. The van der Waals surface area contributed by atoms with Gasteiger partial charge in [-0.3, -0.25) is 9.59 Å². The topological polar surface area (TPSA) is 46.6 Å². The standard InChI is InChI=1S/C12H18F3NO3/c1-9(17)6-10-4-2-3-5-16(10)11(18)7-19-8-12(13,14)15/h10H,2-8H2,1H3. The second-order valence-corrected chi connectivity index (χ2v) is 4.75. The lowest BCUT2D eigenvalue weighted by molar-refractivity contribution is -0.178. The Hall–Kier alpha value is -1.11. The molecule has 7 heteroatoms. The van der Waals surface area contributed by atoms with E-state index in [1.165, 1.54) is 11.8 Å². The number of carbonyl (C=O) groups excluding carboxylic acids is 2. The fourth-order valence-electron chi connectivity index (χ4n) is 2.21. The summed E-state index contributed by atoms with van der Waals surface area (Å²) in [6.45, 7) is -0.0958. The molecule has 0 N–H and O–H groups in total. The third-order valence-electron chi connectivity index (χ3n) is 2.96. The van der Waals surface area contributed by atoms with E-state index in [2.05, 4.69) is 4.74 Å². The number of halogens is 3. The second-order valence-electron chi connectivity index (χ2n) is 4.75. The van der Waals surface area contributed by atoms with Crippen molar-refractivity contribution in [3.63, 3.8) is 0 Å². The minimum Gasteiger partial charge on any atom is -0.362 e. The Balaban J connectivity index is 2.45. The molecule has 1 rings (SSSR count). The molecule has 0 aliphatic carbocycles. The Kier molecular flexibility index (Phi) is 5.78. The van der Waals surface area contributed by atoms with Gasteiger partial charge in [0.2, 0.25) is 5.91 Å². The molecule has 1 heterocycles. The van der Waals surface area contributed by atoms with Crippen molar-refractivity contribution in [3.8, 4) is 0 Å². The number of Topliss-reactive ketones (excluding diaryl/α,β-unsaturated/α-hetero) is 1. The quantitative estimate of drug-likeness (QED) is 0.773. The summed E-state index contributed by atoms with van der Waals surface area (Å²) in [6, 6.07) is -0.201. The van der Waals surface area contributed by atoms with Gasteiger partial charge in [0.05, 0.1) is 0 Å². The average molecular weight is 281 g/mol. The fourth-order valence-corrected chi connectivity index (χ4v) is 2.21. The van der Waals surface area contributed by atoms with Crippen molar-refractivity contribution in [2.24, 2.45) is 0 Å². The summed E-state index contributed by atoms with van der Waals surface area (Å²) in [5, 5.41) is 0. The van der Waals surface area contributed by atoms with Crippen molar-refractivity contribution in [2.45, 2.75) is 44.8 Å². The number of carbonyl (C=O) groups is 2. The summed E-state index contributed by atoms with van der Waals surface area (Å²) >= 11 is 0. The van der Waals surface area contributed by atoms with Crippen molar-refractivity contribution >= 4 is 11.7 Å². The van der Waals surface area contributed by atoms with E-state index in [4.69, 9.17) is 0 Å². The molecule has 1 aliphatic heterocycles. The third-order valence-corrected chi connectivity index (χ3v) is 2.96. The average Bonchev–Trinajstić information content (AvgIpc) is 2.27. The van der Waals surface area contributed by atoms with Crippen LogP contribution in [0.2, 0.25) is 0 Å². The predicted molar refractivity (Wildman–Crippen MR) is 61.5 cm³/mol. The molecule has 0 aromatic rings. The minimum atomic E-state index is -4.43. The zero-order chi connectivity index (χ0) is 14.5. The van der Waals surface area contributed by atoms with E-state index in [1.807, 2.05) is 0 Å². The molecule has 1 aliphatic rings. The van der Waals surface area contributed by atoms with Crippen LogP contribution >= 0.6 is 0 Å². The molecule has 0 spiro atoms. The van der Waals surface area contributed by atoms with Crippen LogP contribution < -0.4 is 0 Å². The van der Waals surface area contributed by atoms with Crippen LogP contribution in [0.5, 0.6) is 0 Å². The smallest absolute Gasteiger partial charge is 0.362 e. The van der Waals surface area contributed by atoms with E-state index in [0.29, 0.717) is 13.0 Å². The number of ketones is 1. The molecule has 0 aromatic carbocycles. The fraction of sp³-hybridized carbons (Fsp3) is 0.833. The van der Waals surface area contributed by atoms with Crippen molar-refractivity contribution in [1.29, 1.82) is 0 Å². The zero-order valence-electron chi connectivity index (χ0n) is 10.8. The predicted octanol–water partition coefficient (Wildman–Crippen LogP) is 1.93. The molecule has 1 unspecified atom stereocenters. The maximum absolute atomic E-state index is 11.9. The number of hydrogen-bond donors (Lipinski definition) is 0. The number of alkyl halides is 3. The van der Waals surface area contributed by atoms with Gasteiger partial charge in [-0.25, -0.2) is 0 Å². The Morgan fingerprint density at radius 3 is 2.58 bits per heavy atom. The first-order valence-corrected chi connectivity index (χ1v) is 6.23. The SMILES string of the molecule is CC(=O)CC1CCCCN1C(=O)COCC(F)(F)F. The lowest BCUT2D eigenvalue weighted by Gasteiger charge is -2.35. The van der Waals surface area contributed by atoms with Crippen LogP contribution in [0.4, 0.5) is 13.2 Å². The highest BCUT2D eigenvalue weighted by Gasteiger charge is 2.30. The lowest BCUT2D eigenvalue weighted by Crippen LogP contribution is -2.46. The van der Waals surface area contributed by atoms with Crippen molar-refractivity contribution in [2.75, 3.05) is 19.8 Å². The van der Waals surface area contributed by atoms with Gasteiger partial charge in [0.25, 0.3) is 0 Å². The highest BCUT2D eigenvalue weighted by atomic mass is 19.4. The summed E-state index contributed by atoms with van der Waals surface area (Å²) in [5.74, 6) is -0.504. The summed E-state index contributed by atoms with van der Waals surface area (Å²) in [6.07, 6.45) is -1.74. The molecule has 1 fully saturated rings. The number of amides is 1. The first-order chi connectivity index (χ1) is 8.79.